The minimum Gasteiger partial charge on any atom is -0.457 e. The summed E-state index contributed by atoms with van der Waals surface area (Å²) in [5, 5.41) is 0. The quantitative estimate of drug-likeness (QED) is 0.192. The fourth-order valence-corrected chi connectivity index (χ4v) is 4.22. The zero-order valence-corrected chi connectivity index (χ0v) is 17.0. The molecular weight excluding hydrogens is 356 g/mol. The zero-order valence-electron chi connectivity index (χ0n) is 16.1. The molecule has 27 heavy (non-hydrogen) atoms. The Morgan fingerprint density at radius 1 is 1.15 bits per heavy atom. The fraction of sp³-hybridized carbons (Fsp3) is 0.364. The average molecular weight is 383 g/mol. The van der Waals surface area contributed by atoms with Gasteiger partial charge in [-0.15, -0.1) is 11.8 Å². The monoisotopic (exact) mass is 382 g/mol. The molecule has 0 aliphatic carbocycles. The smallest absolute Gasteiger partial charge is 0.416 e. The Hall–Kier alpha value is -2.36. The van der Waals surface area contributed by atoms with Crippen LogP contribution in [0.5, 0.6) is 0 Å². The van der Waals surface area contributed by atoms with Crippen molar-refractivity contribution in [2.75, 3.05) is 6.61 Å². The lowest BCUT2D eigenvalue weighted by Gasteiger charge is -2.30. The van der Waals surface area contributed by atoms with Crippen LogP contribution in [0.25, 0.3) is 5.53 Å². The van der Waals surface area contributed by atoms with Gasteiger partial charge in [0.1, 0.15) is 0 Å². The highest BCUT2D eigenvalue weighted by molar-refractivity contribution is 8.00. The summed E-state index contributed by atoms with van der Waals surface area (Å²) in [6.45, 7) is 6.30. The molecule has 0 spiro atoms. The molecule has 0 heterocycles. The van der Waals surface area contributed by atoms with Crippen molar-refractivity contribution in [1.29, 1.82) is 0 Å². The maximum Gasteiger partial charge on any atom is 0.416 e. The third kappa shape index (κ3) is 6.09. The van der Waals surface area contributed by atoms with Crippen molar-refractivity contribution in [3.63, 3.8) is 0 Å². The lowest BCUT2D eigenvalue weighted by Crippen LogP contribution is -2.21. The fourth-order valence-electron chi connectivity index (χ4n) is 2.91. The van der Waals surface area contributed by atoms with Crippen LogP contribution in [0.4, 0.5) is 0 Å². The summed E-state index contributed by atoms with van der Waals surface area (Å²) in [7, 11) is 0. The third-order valence-corrected chi connectivity index (χ3v) is 5.85. The maximum atomic E-state index is 11.8. The summed E-state index contributed by atoms with van der Waals surface area (Å²) in [5.41, 5.74) is 11.7. The molecule has 0 aromatic heterocycles. The van der Waals surface area contributed by atoms with Gasteiger partial charge >= 0.3 is 11.7 Å². The van der Waals surface area contributed by atoms with Crippen molar-refractivity contribution in [2.24, 2.45) is 0 Å². The Labute approximate surface area is 165 Å². The first-order valence-electron chi connectivity index (χ1n) is 9.18. The SMILES string of the molecule is CCOC(=O)C(CCCC(C)(Sc1ccccc1)c1ccc(C)cc1)=[N+]=[N-]. The second-order valence-corrected chi connectivity index (χ2v) is 8.21. The number of carbonyl (C=O) groups excluding carboxylic acids is 1. The molecule has 1 atom stereocenters. The molecule has 2 rings (SSSR count). The van der Waals surface area contributed by atoms with Crippen LogP contribution in [0, 0.1) is 6.92 Å². The highest BCUT2D eigenvalue weighted by Crippen LogP contribution is 2.44. The number of hydrogen-bond donors (Lipinski definition) is 0. The highest BCUT2D eigenvalue weighted by Gasteiger charge is 2.29. The van der Waals surface area contributed by atoms with Crippen molar-refractivity contribution < 1.29 is 14.3 Å². The van der Waals surface area contributed by atoms with Crippen LogP contribution < -0.4 is 0 Å². The molecule has 0 saturated heterocycles. The molecule has 0 N–H and O–H groups in total. The first kappa shape index (κ1) is 20.9. The average Bonchev–Trinajstić information content (AvgIpc) is 2.66. The summed E-state index contributed by atoms with van der Waals surface area (Å²) in [6.07, 6.45) is 1.92. The van der Waals surface area contributed by atoms with E-state index in [1.54, 1.807) is 6.92 Å². The van der Waals surface area contributed by atoms with Gasteiger partial charge in [0, 0.05) is 9.64 Å². The first-order valence-corrected chi connectivity index (χ1v) is 9.99. The predicted octanol–water partition coefficient (Wildman–Crippen LogP) is 5.41. The van der Waals surface area contributed by atoms with Gasteiger partial charge in [-0.25, -0.2) is 4.79 Å². The summed E-state index contributed by atoms with van der Waals surface area (Å²) >= 11 is 1.81. The van der Waals surface area contributed by atoms with E-state index in [1.165, 1.54) is 16.0 Å². The minimum atomic E-state index is -0.548. The molecule has 0 bridgehead atoms. The van der Waals surface area contributed by atoms with Crippen LogP contribution >= 0.6 is 11.8 Å². The van der Waals surface area contributed by atoms with E-state index in [0.717, 1.165) is 6.42 Å². The van der Waals surface area contributed by atoms with E-state index >= 15 is 0 Å². The molecule has 2 aromatic carbocycles. The molecule has 2 aromatic rings. The normalized spacial score (nSPS) is 12.7. The zero-order chi connectivity index (χ0) is 19.7. The van der Waals surface area contributed by atoms with Crippen molar-refractivity contribution in [3.05, 3.63) is 71.3 Å². The lowest BCUT2D eigenvalue weighted by molar-refractivity contribution is -0.140. The molecule has 0 amide bonds. The minimum absolute atomic E-state index is 0.0767. The molecule has 5 heteroatoms. The summed E-state index contributed by atoms with van der Waals surface area (Å²) in [4.78, 5) is 16.1. The van der Waals surface area contributed by atoms with E-state index in [0.29, 0.717) is 12.8 Å². The van der Waals surface area contributed by atoms with Gasteiger partial charge in [-0.05, 0) is 51.3 Å². The number of benzene rings is 2. The molecule has 0 radical (unpaired) electrons. The van der Waals surface area contributed by atoms with Crippen LogP contribution in [0.1, 0.15) is 44.2 Å². The van der Waals surface area contributed by atoms with Crippen LogP contribution in [-0.2, 0) is 14.3 Å². The van der Waals surface area contributed by atoms with Gasteiger partial charge in [-0.3, -0.25) is 0 Å². The second kappa shape index (κ2) is 10.1. The molecule has 4 nitrogen and oxygen atoms in total. The summed E-state index contributed by atoms with van der Waals surface area (Å²) < 4.78 is 4.77. The number of aryl methyl sites for hydroxylation is 1. The van der Waals surface area contributed by atoms with Crippen molar-refractivity contribution in [3.8, 4) is 0 Å². The lowest BCUT2D eigenvalue weighted by atomic mass is 9.93. The van der Waals surface area contributed by atoms with Crippen LogP contribution in [0.15, 0.2) is 59.5 Å². The maximum absolute atomic E-state index is 11.8. The van der Waals surface area contributed by atoms with Crippen molar-refractivity contribution in [2.45, 2.75) is 49.7 Å². The van der Waals surface area contributed by atoms with Crippen LogP contribution in [0.2, 0.25) is 0 Å². The van der Waals surface area contributed by atoms with E-state index in [4.69, 9.17) is 10.3 Å². The molecule has 0 fully saturated rings. The van der Waals surface area contributed by atoms with E-state index < -0.39 is 5.97 Å². The predicted molar refractivity (Wildman–Crippen MR) is 110 cm³/mol. The Bertz CT molecular complexity index is 799. The van der Waals surface area contributed by atoms with Gasteiger partial charge in [0.2, 0.25) is 0 Å². The molecule has 0 aliphatic rings. The highest BCUT2D eigenvalue weighted by atomic mass is 32.2. The summed E-state index contributed by atoms with van der Waals surface area (Å²) in [6, 6.07) is 18.9. The van der Waals surface area contributed by atoms with Gasteiger partial charge in [0.25, 0.3) is 0 Å². The van der Waals surface area contributed by atoms with E-state index in [2.05, 4.69) is 55.0 Å². The van der Waals surface area contributed by atoms with E-state index in [-0.39, 0.29) is 17.1 Å². The van der Waals surface area contributed by atoms with Gasteiger partial charge in [-0.1, -0.05) is 48.0 Å². The third-order valence-electron chi connectivity index (χ3n) is 4.45. The number of nitrogens with zero attached hydrogens (tertiary/aromatic N) is 2. The Morgan fingerprint density at radius 2 is 1.81 bits per heavy atom. The van der Waals surface area contributed by atoms with Gasteiger partial charge in [-0.2, -0.15) is 4.79 Å². The standard InChI is InChI=1S/C22H26N2O2S/c1-4-26-21(25)20(24-23)11-8-16-22(3,18-14-12-17(2)13-15-18)27-19-9-6-5-7-10-19/h5-7,9-10,12-15H,4,8,11,16H2,1-3H3. The molecule has 142 valence electrons. The largest absolute Gasteiger partial charge is 0.457 e. The number of carbonyl (C=O) groups is 1. The Kier molecular flexibility index (Phi) is 7.83. The molecular formula is C22H26N2O2S. The molecule has 0 saturated carbocycles. The van der Waals surface area contributed by atoms with Crippen molar-refractivity contribution in [1.82, 2.24) is 0 Å². The summed E-state index contributed by atoms with van der Waals surface area (Å²) in [5.74, 6) is -0.548. The van der Waals surface area contributed by atoms with E-state index in [1.807, 2.05) is 30.0 Å². The number of thioether (sulfide) groups is 1. The van der Waals surface area contributed by atoms with E-state index in [9.17, 15) is 4.79 Å². The number of rotatable bonds is 9. The molecule has 0 aliphatic heterocycles. The Balaban J connectivity index is 2.16. The number of hydrogen-bond acceptors (Lipinski definition) is 3. The van der Waals surface area contributed by atoms with Crippen LogP contribution in [0.3, 0.4) is 0 Å². The Morgan fingerprint density at radius 3 is 2.41 bits per heavy atom. The first-order chi connectivity index (χ1) is 13.0. The number of esters is 1. The second-order valence-electron chi connectivity index (χ2n) is 6.63. The van der Waals surface area contributed by atoms with Gasteiger partial charge in [0.05, 0.1) is 13.0 Å². The van der Waals surface area contributed by atoms with Crippen LogP contribution in [-0.4, -0.2) is 23.1 Å². The van der Waals surface area contributed by atoms with Gasteiger partial charge in [0.15, 0.2) is 0 Å². The van der Waals surface area contributed by atoms with Gasteiger partial charge < -0.3 is 10.3 Å². The van der Waals surface area contributed by atoms with Crippen molar-refractivity contribution >= 4 is 23.4 Å². The topological polar surface area (TPSA) is 62.7 Å². The number of ether oxygens (including phenoxy) is 1. The molecule has 1 unspecified atom stereocenters.